The molecule has 1 aromatic carbocycles. The molecule has 1 aliphatic rings. The van der Waals surface area contributed by atoms with Crippen molar-refractivity contribution in [3.8, 4) is 5.75 Å². The van der Waals surface area contributed by atoms with Crippen molar-refractivity contribution < 1.29 is 17.9 Å². The normalized spacial score (nSPS) is 14.5. The highest BCUT2D eigenvalue weighted by Gasteiger charge is 2.28. The Kier molecular flexibility index (Phi) is 3.75. The van der Waals surface area contributed by atoms with Gasteiger partial charge in [0.15, 0.2) is 6.61 Å². The van der Waals surface area contributed by atoms with Crippen LogP contribution in [0.2, 0.25) is 4.34 Å². The van der Waals surface area contributed by atoms with Crippen LogP contribution in [-0.2, 0) is 14.8 Å². The fourth-order valence-corrected chi connectivity index (χ4v) is 3.72. The van der Waals surface area contributed by atoms with Gasteiger partial charge in [0.2, 0.25) is 10.0 Å². The summed E-state index contributed by atoms with van der Waals surface area (Å²) in [7, 11) is -3.38. The van der Waals surface area contributed by atoms with E-state index in [-0.39, 0.29) is 12.5 Å². The van der Waals surface area contributed by atoms with Crippen molar-refractivity contribution in [1.29, 1.82) is 0 Å². The first kappa shape index (κ1) is 15.1. The monoisotopic (exact) mass is 358 g/mol. The summed E-state index contributed by atoms with van der Waals surface area (Å²) in [6, 6.07) is 8.22. The minimum Gasteiger partial charge on any atom is -0.481 e. The summed E-state index contributed by atoms with van der Waals surface area (Å²) in [5.41, 5.74) is 0.925. The van der Waals surface area contributed by atoms with Gasteiger partial charge in [0.1, 0.15) is 10.8 Å². The highest BCUT2D eigenvalue weighted by molar-refractivity contribution is 7.92. The van der Waals surface area contributed by atoms with E-state index in [1.54, 1.807) is 30.3 Å². The van der Waals surface area contributed by atoms with E-state index in [1.165, 1.54) is 16.2 Å². The van der Waals surface area contributed by atoms with Crippen molar-refractivity contribution in [2.24, 2.45) is 0 Å². The Morgan fingerprint density at radius 2 is 2.09 bits per heavy atom. The van der Waals surface area contributed by atoms with Crippen molar-refractivity contribution in [3.63, 3.8) is 0 Å². The van der Waals surface area contributed by atoms with Crippen LogP contribution >= 0.6 is 22.9 Å². The van der Waals surface area contributed by atoms with Gasteiger partial charge in [-0.2, -0.15) is 0 Å². The van der Waals surface area contributed by atoms with Crippen molar-refractivity contribution in [1.82, 2.24) is 0 Å². The largest absolute Gasteiger partial charge is 0.481 e. The summed E-state index contributed by atoms with van der Waals surface area (Å²) in [6.45, 7) is -0.120. The maximum Gasteiger partial charge on any atom is 0.270 e. The van der Waals surface area contributed by atoms with Gasteiger partial charge >= 0.3 is 0 Å². The molecule has 0 fully saturated rings. The lowest BCUT2D eigenvalue weighted by atomic mass is 10.2. The Morgan fingerprint density at radius 1 is 1.32 bits per heavy atom. The maximum atomic E-state index is 12.1. The van der Waals surface area contributed by atoms with Crippen LogP contribution in [0.1, 0.15) is 0 Å². The van der Waals surface area contributed by atoms with E-state index in [9.17, 15) is 13.2 Å². The number of ether oxygens (including phenoxy) is 1. The number of rotatable bonds is 3. The van der Waals surface area contributed by atoms with Gasteiger partial charge in [0, 0.05) is 6.07 Å². The summed E-state index contributed by atoms with van der Waals surface area (Å²) in [5, 5.41) is 0.684. The first-order valence-corrected chi connectivity index (χ1v) is 9.25. The van der Waals surface area contributed by atoms with Crippen molar-refractivity contribution in [2.45, 2.75) is 0 Å². The predicted molar refractivity (Wildman–Crippen MR) is 86.9 cm³/mol. The molecule has 0 aliphatic carbocycles. The number of halogens is 1. The summed E-state index contributed by atoms with van der Waals surface area (Å²) in [5.74, 6) is 0.215. The number of anilines is 3. The number of thiophene rings is 1. The SMILES string of the molecule is CS(=O)(=O)Nc1ccc2c(c1)OCC(=O)N2c1ccc(Cl)s1. The number of fused-ring (bicyclic) bond motifs is 1. The molecule has 2 heterocycles. The van der Waals surface area contributed by atoms with Gasteiger partial charge in [-0.15, -0.1) is 11.3 Å². The van der Waals surface area contributed by atoms with Gasteiger partial charge < -0.3 is 4.74 Å². The van der Waals surface area contributed by atoms with Crippen LogP contribution in [0.4, 0.5) is 16.4 Å². The molecule has 22 heavy (non-hydrogen) atoms. The van der Waals surface area contributed by atoms with E-state index < -0.39 is 10.0 Å². The molecule has 3 rings (SSSR count). The van der Waals surface area contributed by atoms with Gasteiger partial charge in [-0.05, 0) is 24.3 Å². The molecular formula is C13H11ClN2O4S2. The van der Waals surface area contributed by atoms with E-state index in [0.717, 1.165) is 6.26 Å². The van der Waals surface area contributed by atoms with Crippen LogP contribution < -0.4 is 14.4 Å². The standard InChI is InChI=1S/C13H11ClN2O4S2/c1-22(18,19)15-8-2-3-9-10(6-8)20-7-12(17)16(9)13-5-4-11(14)21-13/h2-6,15H,7H2,1H3. The maximum absolute atomic E-state index is 12.1. The zero-order valence-corrected chi connectivity index (χ0v) is 13.8. The molecule has 1 N–H and O–H groups in total. The highest BCUT2D eigenvalue weighted by Crippen LogP contribution is 2.42. The molecule has 1 aromatic heterocycles. The second-order valence-electron chi connectivity index (χ2n) is 4.65. The quantitative estimate of drug-likeness (QED) is 0.915. The molecule has 0 saturated heterocycles. The molecule has 0 saturated carbocycles. The zero-order chi connectivity index (χ0) is 15.9. The first-order chi connectivity index (χ1) is 10.3. The third-order valence-corrected chi connectivity index (χ3v) is 4.71. The smallest absolute Gasteiger partial charge is 0.270 e. The Morgan fingerprint density at radius 3 is 2.73 bits per heavy atom. The lowest BCUT2D eigenvalue weighted by Gasteiger charge is -2.28. The number of carbonyl (C=O) groups excluding carboxylic acids is 1. The first-order valence-electron chi connectivity index (χ1n) is 6.16. The summed E-state index contributed by atoms with van der Waals surface area (Å²) in [6.07, 6.45) is 1.07. The second-order valence-corrected chi connectivity index (χ2v) is 8.09. The molecule has 1 aliphatic heterocycles. The number of benzene rings is 1. The number of sulfonamides is 1. The number of nitrogens with one attached hydrogen (secondary N) is 1. The van der Waals surface area contributed by atoms with Crippen molar-refractivity contribution >= 4 is 55.2 Å². The molecule has 2 aromatic rings. The summed E-state index contributed by atoms with van der Waals surface area (Å²) >= 11 is 7.20. The fraction of sp³-hybridized carbons (Fsp3) is 0.154. The third-order valence-electron chi connectivity index (χ3n) is 2.88. The van der Waals surface area contributed by atoms with Crippen LogP contribution in [0.3, 0.4) is 0 Å². The number of hydrogen-bond donors (Lipinski definition) is 1. The van der Waals surface area contributed by atoms with Crippen molar-refractivity contribution in [3.05, 3.63) is 34.7 Å². The van der Waals surface area contributed by atoms with Crippen LogP contribution in [0.25, 0.3) is 0 Å². The Hall–Kier alpha value is -1.77. The summed E-state index contributed by atoms with van der Waals surface area (Å²) < 4.78 is 30.9. The van der Waals surface area contributed by atoms with Gasteiger partial charge in [0.05, 0.1) is 22.0 Å². The van der Waals surface area contributed by atoms with Crippen LogP contribution in [0.5, 0.6) is 5.75 Å². The number of amides is 1. The minimum atomic E-state index is -3.38. The summed E-state index contributed by atoms with van der Waals surface area (Å²) in [4.78, 5) is 13.6. The Bertz CT molecular complexity index is 847. The lowest BCUT2D eigenvalue weighted by molar-refractivity contribution is -0.120. The Balaban J connectivity index is 2.02. The van der Waals surface area contributed by atoms with Gasteiger partial charge in [0.25, 0.3) is 5.91 Å². The molecule has 6 nitrogen and oxygen atoms in total. The van der Waals surface area contributed by atoms with E-state index in [2.05, 4.69) is 4.72 Å². The second kappa shape index (κ2) is 5.45. The molecule has 116 valence electrons. The van der Waals surface area contributed by atoms with Crippen molar-refractivity contribution in [2.75, 3.05) is 22.5 Å². The van der Waals surface area contributed by atoms with Crippen LogP contribution in [0, 0.1) is 0 Å². The molecule has 0 atom stereocenters. The molecule has 0 bridgehead atoms. The molecule has 0 radical (unpaired) electrons. The van der Waals surface area contributed by atoms with E-state index in [4.69, 9.17) is 16.3 Å². The molecular weight excluding hydrogens is 348 g/mol. The zero-order valence-electron chi connectivity index (χ0n) is 11.4. The fourth-order valence-electron chi connectivity index (χ4n) is 2.10. The highest BCUT2D eigenvalue weighted by atomic mass is 35.5. The number of nitrogens with zero attached hydrogens (tertiary/aromatic N) is 1. The average Bonchev–Trinajstić information content (AvgIpc) is 2.83. The predicted octanol–water partition coefficient (Wildman–Crippen LogP) is 2.83. The van der Waals surface area contributed by atoms with E-state index in [0.29, 0.717) is 26.5 Å². The molecule has 0 unspecified atom stereocenters. The third kappa shape index (κ3) is 3.03. The lowest BCUT2D eigenvalue weighted by Crippen LogP contribution is -2.34. The van der Waals surface area contributed by atoms with Crippen LogP contribution in [0.15, 0.2) is 30.3 Å². The molecule has 1 amide bonds. The van der Waals surface area contributed by atoms with Gasteiger partial charge in [-0.3, -0.25) is 14.4 Å². The average molecular weight is 359 g/mol. The number of carbonyl (C=O) groups is 1. The number of hydrogen-bond acceptors (Lipinski definition) is 5. The topological polar surface area (TPSA) is 75.7 Å². The molecule has 0 spiro atoms. The minimum absolute atomic E-state index is 0.120. The van der Waals surface area contributed by atoms with Crippen LogP contribution in [-0.4, -0.2) is 27.2 Å². The van der Waals surface area contributed by atoms with E-state index in [1.807, 2.05) is 0 Å². The Labute approximate surface area is 136 Å². The van der Waals surface area contributed by atoms with E-state index >= 15 is 0 Å². The van der Waals surface area contributed by atoms with Gasteiger partial charge in [-0.1, -0.05) is 11.6 Å². The molecule has 9 heteroatoms. The van der Waals surface area contributed by atoms with Gasteiger partial charge in [-0.25, -0.2) is 8.42 Å².